The SMILES string of the molecule is COc1ccc(NC(=O)CC[C@H]2CCCN(C(=O)c3cc(CC(C)C)[nH]n3)C2)c(C)c1. The standard InChI is InChI=1S/C24H34N4O3/c1-16(2)12-19-14-22(27-26-19)24(30)28-11-5-6-18(15-28)7-10-23(29)25-21-9-8-20(31-4)13-17(21)3/h8-9,13-14,16,18H,5-7,10-12,15H2,1-4H3,(H,25,29)(H,26,27)/t18-/m1/s1. The van der Waals surface area contributed by atoms with Gasteiger partial charge in [0.2, 0.25) is 5.91 Å². The molecule has 2 heterocycles. The first-order chi connectivity index (χ1) is 14.9. The summed E-state index contributed by atoms with van der Waals surface area (Å²) in [5.74, 6) is 1.59. The molecule has 7 heteroatoms. The van der Waals surface area contributed by atoms with E-state index in [4.69, 9.17) is 4.74 Å². The van der Waals surface area contributed by atoms with Crippen molar-refractivity contribution in [1.29, 1.82) is 0 Å². The molecule has 1 fully saturated rings. The van der Waals surface area contributed by atoms with Gasteiger partial charge in [0, 0.05) is 30.9 Å². The van der Waals surface area contributed by atoms with Crippen molar-refractivity contribution in [2.75, 3.05) is 25.5 Å². The number of anilines is 1. The van der Waals surface area contributed by atoms with E-state index < -0.39 is 0 Å². The monoisotopic (exact) mass is 426 g/mol. The lowest BCUT2D eigenvalue weighted by atomic mass is 9.93. The maximum absolute atomic E-state index is 12.9. The Bertz CT molecular complexity index is 906. The first kappa shape index (κ1) is 22.8. The van der Waals surface area contributed by atoms with E-state index in [2.05, 4.69) is 29.4 Å². The number of hydrogen-bond donors (Lipinski definition) is 2. The minimum absolute atomic E-state index is 0.00217. The normalized spacial score (nSPS) is 16.4. The van der Waals surface area contributed by atoms with Crippen LogP contribution in [-0.2, 0) is 11.2 Å². The van der Waals surface area contributed by atoms with Crippen molar-refractivity contribution in [3.05, 3.63) is 41.2 Å². The molecule has 0 unspecified atom stereocenters. The molecule has 2 amide bonds. The van der Waals surface area contributed by atoms with Crippen LogP contribution in [0.15, 0.2) is 24.3 Å². The van der Waals surface area contributed by atoms with Crippen LogP contribution in [0.4, 0.5) is 5.69 Å². The molecule has 1 saturated heterocycles. The van der Waals surface area contributed by atoms with Crippen molar-refractivity contribution < 1.29 is 14.3 Å². The van der Waals surface area contributed by atoms with Gasteiger partial charge in [0.15, 0.2) is 0 Å². The largest absolute Gasteiger partial charge is 0.497 e. The number of nitrogens with zero attached hydrogens (tertiary/aromatic N) is 2. The van der Waals surface area contributed by atoms with Gasteiger partial charge < -0.3 is 15.0 Å². The van der Waals surface area contributed by atoms with Crippen molar-refractivity contribution in [2.24, 2.45) is 11.8 Å². The number of piperidine rings is 1. The number of aromatic nitrogens is 2. The number of hydrogen-bond acceptors (Lipinski definition) is 4. The van der Waals surface area contributed by atoms with E-state index in [0.29, 0.717) is 30.5 Å². The van der Waals surface area contributed by atoms with Gasteiger partial charge in [-0.3, -0.25) is 14.7 Å². The number of ether oxygens (including phenoxy) is 1. The summed E-state index contributed by atoms with van der Waals surface area (Å²) >= 11 is 0. The molecule has 168 valence electrons. The lowest BCUT2D eigenvalue weighted by Crippen LogP contribution is -2.40. The van der Waals surface area contributed by atoms with Gasteiger partial charge in [-0.05, 0) is 74.3 Å². The number of carbonyl (C=O) groups excluding carboxylic acids is 2. The molecular weight excluding hydrogens is 392 g/mol. The van der Waals surface area contributed by atoms with Gasteiger partial charge in [-0.2, -0.15) is 5.10 Å². The van der Waals surface area contributed by atoms with Crippen LogP contribution in [0.2, 0.25) is 0 Å². The highest BCUT2D eigenvalue weighted by atomic mass is 16.5. The number of aromatic amines is 1. The highest BCUT2D eigenvalue weighted by Gasteiger charge is 2.26. The Kier molecular flexibility index (Phi) is 7.71. The number of methoxy groups -OCH3 is 1. The van der Waals surface area contributed by atoms with Crippen molar-refractivity contribution >= 4 is 17.5 Å². The molecule has 2 N–H and O–H groups in total. The number of benzene rings is 1. The molecule has 0 saturated carbocycles. The second-order valence-electron chi connectivity index (χ2n) is 8.90. The minimum Gasteiger partial charge on any atom is -0.497 e. The van der Waals surface area contributed by atoms with Crippen LogP contribution >= 0.6 is 0 Å². The molecule has 3 rings (SSSR count). The third-order valence-electron chi connectivity index (χ3n) is 5.77. The van der Waals surface area contributed by atoms with Crippen LogP contribution < -0.4 is 10.1 Å². The molecule has 0 spiro atoms. The smallest absolute Gasteiger partial charge is 0.274 e. The lowest BCUT2D eigenvalue weighted by Gasteiger charge is -2.32. The number of rotatable bonds is 8. The second kappa shape index (κ2) is 10.5. The number of likely N-dealkylation sites (tertiary alicyclic amines) is 1. The van der Waals surface area contributed by atoms with Crippen LogP contribution in [0.3, 0.4) is 0 Å². The molecule has 0 bridgehead atoms. The highest BCUT2D eigenvalue weighted by Crippen LogP contribution is 2.24. The first-order valence-electron chi connectivity index (χ1n) is 11.1. The molecule has 0 radical (unpaired) electrons. The molecule has 1 aromatic heterocycles. The fourth-order valence-electron chi connectivity index (χ4n) is 4.11. The summed E-state index contributed by atoms with van der Waals surface area (Å²) in [6.45, 7) is 7.66. The summed E-state index contributed by atoms with van der Waals surface area (Å²) in [6, 6.07) is 7.48. The van der Waals surface area contributed by atoms with Crippen molar-refractivity contribution in [1.82, 2.24) is 15.1 Å². The predicted octanol–water partition coefficient (Wildman–Crippen LogP) is 4.20. The molecule has 1 aliphatic rings. The van der Waals surface area contributed by atoms with E-state index in [1.165, 1.54) is 0 Å². The van der Waals surface area contributed by atoms with Crippen LogP contribution in [0, 0.1) is 18.8 Å². The minimum atomic E-state index is -0.0192. The lowest BCUT2D eigenvalue weighted by molar-refractivity contribution is -0.116. The van der Waals surface area contributed by atoms with Crippen LogP contribution in [-0.4, -0.2) is 47.1 Å². The third kappa shape index (κ3) is 6.32. The summed E-state index contributed by atoms with van der Waals surface area (Å²) in [4.78, 5) is 27.2. The fraction of sp³-hybridized carbons (Fsp3) is 0.542. The molecule has 1 aliphatic heterocycles. The average Bonchev–Trinajstić information content (AvgIpc) is 3.21. The molecular formula is C24H34N4O3. The molecule has 31 heavy (non-hydrogen) atoms. The van der Waals surface area contributed by atoms with Crippen LogP contribution in [0.25, 0.3) is 0 Å². The summed E-state index contributed by atoms with van der Waals surface area (Å²) < 4.78 is 5.21. The van der Waals surface area contributed by atoms with Gasteiger partial charge in [0.1, 0.15) is 11.4 Å². The molecule has 2 aromatic rings. The van der Waals surface area contributed by atoms with E-state index in [1.807, 2.05) is 36.1 Å². The van der Waals surface area contributed by atoms with E-state index in [-0.39, 0.29) is 11.8 Å². The van der Waals surface area contributed by atoms with Gasteiger partial charge >= 0.3 is 0 Å². The Balaban J connectivity index is 1.49. The van der Waals surface area contributed by atoms with Gasteiger partial charge in [-0.1, -0.05) is 13.8 Å². The number of H-pyrrole nitrogens is 1. The Hall–Kier alpha value is -2.83. The number of aryl methyl sites for hydroxylation is 1. The number of nitrogens with one attached hydrogen (secondary N) is 2. The maximum atomic E-state index is 12.9. The van der Waals surface area contributed by atoms with Gasteiger partial charge in [-0.15, -0.1) is 0 Å². The average molecular weight is 427 g/mol. The maximum Gasteiger partial charge on any atom is 0.274 e. The van der Waals surface area contributed by atoms with E-state index in [0.717, 1.165) is 54.9 Å². The summed E-state index contributed by atoms with van der Waals surface area (Å²) in [5, 5.41) is 10.2. The Labute approximate surface area is 184 Å². The zero-order valence-electron chi connectivity index (χ0n) is 19.0. The van der Waals surface area contributed by atoms with Crippen molar-refractivity contribution in [2.45, 2.75) is 52.9 Å². The quantitative estimate of drug-likeness (QED) is 0.662. The van der Waals surface area contributed by atoms with Gasteiger partial charge in [0.25, 0.3) is 5.91 Å². The molecule has 1 aromatic carbocycles. The van der Waals surface area contributed by atoms with Gasteiger partial charge in [0.05, 0.1) is 7.11 Å². The molecule has 0 aliphatic carbocycles. The summed E-state index contributed by atoms with van der Waals surface area (Å²) in [5.41, 5.74) is 3.27. The van der Waals surface area contributed by atoms with E-state index in [1.54, 1.807) is 7.11 Å². The predicted molar refractivity (Wildman–Crippen MR) is 121 cm³/mol. The second-order valence-corrected chi connectivity index (χ2v) is 8.90. The first-order valence-corrected chi connectivity index (χ1v) is 11.1. The fourth-order valence-corrected chi connectivity index (χ4v) is 4.11. The van der Waals surface area contributed by atoms with Gasteiger partial charge in [-0.25, -0.2) is 0 Å². The summed E-state index contributed by atoms with van der Waals surface area (Å²) in [7, 11) is 1.63. The zero-order valence-corrected chi connectivity index (χ0v) is 19.0. The third-order valence-corrected chi connectivity index (χ3v) is 5.77. The van der Waals surface area contributed by atoms with Crippen LogP contribution in [0.5, 0.6) is 5.75 Å². The van der Waals surface area contributed by atoms with Crippen LogP contribution in [0.1, 0.15) is 61.3 Å². The highest BCUT2D eigenvalue weighted by molar-refractivity contribution is 5.92. The van der Waals surface area contributed by atoms with Crippen molar-refractivity contribution in [3.63, 3.8) is 0 Å². The Morgan fingerprint density at radius 3 is 2.84 bits per heavy atom. The summed E-state index contributed by atoms with van der Waals surface area (Å²) in [6.07, 6.45) is 4.09. The molecule has 1 atom stereocenters. The number of carbonyl (C=O) groups is 2. The van der Waals surface area contributed by atoms with Crippen molar-refractivity contribution in [3.8, 4) is 5.75 Å². The zero-order chi connectivity index (χ0) is 22.4. The van der Waals surface area contributed by atoms with E-state index >= 15 is 0 Å². The van der Waals surface area contributed by atoms with E-state index in [9.17, 15) is 9.59 Å². The Morgan fingerprint density at radius 2 is 2.13 bits per heavy atom. The molecule has 7 nitrogen and oxygen atoms in total. The number of amides is 2. The topological polar surface area (TPSA) is 87.3 Å². The Morgan fingerprint density at radius 1 is 1.32 bits per heavy atom.